The molecule has 0 heterocycles. The van der Waals surface area contributed by atoms with Crippen LogP contribution < -0.4 is 5.32 Å². The van der Waals surface area contributed by atoms with Crippen molar-refractivity contribution in [1.82, 2.24) is 4.90 Å². The summed E-state index contributed by atoms with van der Waals surface area (Å²) in [6.07, 6.45) is 3.17. The van der Waals surface area contributed by atoms with Gasteiger partial charge in [0.1, 0.15) is 5.84 Å². The summed E-state index contributed by atoms with van der Waals surface area (Å²) < 4.78 is 0. The average molecular weight is 386 g/mol. The highest BCUT2D eigenvalue weighted by Crippen LogP contribution is 2.27. The number of aryl methyl sites for hydroxylation is 2. The van der Waals surface area contributed by atoms with Gasteiger partial charge in [-0.2, -0.15) is 0 Å². The first-order valence-electron chi connectivity index (χ1n) is 9.95. The van der Waals surface area contributed by atoms with Gasteiger partial charge < -0.3 is 10.2 Å². The Morgan fingerprint density at radius 3 is 2.37 bits per heavy atom. The van der Waals surface area contributed by atoms with E-state index in [0.29, 0.717) is 5.84 Å². The predicted octanol–water partition coefficient (Wildman–Crippen LogP) is 6.27. The van der Waals surface area contributed by atoms with Crippen LogP contribution in [0.15, 0.2) is 36.4 Å². The molecule has 0 radical (unpaired) electrons. The van der Waals surface area contributed by atoms with Gasteiger partial charge in [-0.05, 0) is 55.5 Å². The SMILES string of the molecule is CCCc1cc(Cl)cc(C)c1NCc1ccc(C(=N)N(CC)CCC)cc1. The Labute approximate surface area is 169 Å². The molecule has 0 fully saturated rings. The second-order valence-corrected chi connectivity index (χ2v) is 7.42. The van der Waals surface area contributed by atoms with Crippen LogP contribution in [-0.2, 0) is 13.0 Å². The summed E-state index contributed by atoms with van der Waals surface area (Å²) in [5, 5.41) is 12.8. The highest BCUT2D eigenvalue weighted by molar-refractivity contribution is 6.30. The fourth-order valence-corrected chi connectivity index (χ4v) is 3.68. The molecule has 0 aliphatic heterocycles. The number of nitrogens with one attached hydrogen (secondary N) is 2. The zero-order chi connectivity index (χ0) is 19.8. The van der Waals surface area contributed by atoms with Crippen molar-refractivity contribution in [2.45, 2.75) is 53.5 Å². The van der Waals surface area contributed by atoms with Crippen molar-refractivity contribution in [2.75, 3.05) is 18.4 Å². The lowest BCUT2D eigenvalue weighted by Gasteiger charge is -2.23. The van der Waals surface area contributed by atoms with Gasteiger partial charge in [-0.25, -0.2) is 0 Å². The number of halogens is 1. The molecule has 0 aliphatic rings. The van der Waals surface area contributed by atoms with Crippen molar-refractivity contribution < 1.29 is 0 Å². The molecule has 2 rings (SSSR count). The van der Waals surface area contributed by atoms with E-state index in [4.69, 9.17) is 17.0 Å². The largest absolute Gasteiger partial charge is 0.381 e. The minimum absolute atomic E-state index is 0.609. The first-order valence-corrected chi connectivity index (χ1v) is 10.3. The molecule has 0 unspecified atom stereocenters. The number of hydrogen-bond donors (Lipinski definition) is 2. The highest BCUT2D eigenvalue weighted by Gasteiger charge is 2.10. The van der Waals surface area contributed by atoms with Crippen LogP contribution in [0.25, 0.3) is 0 Å². The highest BCUT2D eigenvalue weighted by atomic mass is 35.5. The van der Waals surface area contributed by atoms with E-state index in [1.165, 1.54) is 22.4 Å². The Hall–Kier alpha value is -2.00. The van der Waals surface area contributed by atoms with Crippen molar-refractivity contribution in [3.63, 3.8) is 0 Å². The molecule has 146 valence electrons. The Kier molecular flexibility index (Phi) is 8.18. The number of amidine groups is 1. The van der Waals surface area contributed by atoms with Crippen molar-refractivity contribution in [3.05, 3.63) is 63.7 Å². The number of hydrogen-bond acceptors (Lipinski definition) is 2. The van der Waals surface area contributed by atoms with Gasteiger partial charge >= 0.3 is 0 Å². The molecule has 0 saturated heterocycles. The lowest BCUT2D eigenvalue weighted by molar-refractivity contribution is 0.438. The Balaban J connectivity index is 2.09. The number of rotatable bonds is 9. The third-order valence-corrected chi connectivity index (χ3v) is 5.01. The second-order valence-electron chi connectivity index (χ2n) is 6.99. The number of anilines is 1. The normalized spacial score (nSPS) is 10.7. The summed E-state index contributed by atoms with van der Waals surface area (Å²) >= 11 is 6.23. The van der Waals surface area contributed by atoms with Crippen molar-refractivity contribution >= 4 is 23.1 Å². The maximum atomic E-state index is 8.42. The van der Waals surface area contributed by atoms with Crippen molar-refractivity contribution in [2.24, 2.45) is 0 Å². The van der Waals surface area contributed by atoms with Crippen LogP contribution in [0.3, 0.4) is 0 Å². The topological polar surface area (TPSA) is 39.1 Å². The number of nitrogens with zero attached hydrogens (tertiary/aromatic N) is 1. The summed E-state index contributed by atoms with van der Waals surface area (Å²) in [5.41, 5.74) is 5.84. The van der Waals surface area contributed by atoms with E-state index in [1.807, 2.05) is 6.07 Å². The minimum atomic E-state index is 0.609. The summed E-state index contributed by atoms with van der Waals surface area (Å²) in [7, 11) is 0. The van der Waals surface area contributed by atoms with Crippen LogP contribution in [0.2, 0.25) is 5.02 Å². The van der Waals surface area contributed by atoms with Gasteiger partial charge in [0.05, 0.1) is 0 Å². The van der Waals surface area contributed by atoms with Gasteiger partial charge in [0, 0.05) is 35.9 Å². The quantitative estimate of drug-likeness (QED) is 0.394. The van der Waals surface area contributed by atoms with Crippen LogP contribution in [0.1, 0.15) is 55.9 Å². The van der Waals surface area contributed by atoms with E-state index in [1.54, 1.807) is 0 Å². The summed E-state index contributed by atoms with van der Waals surface area (Å²) in [6, 6.07) is 12.4. The van der Waals surface area contributed by atoms with Crippen LogP contribution in [0, 0.1) is 12.3 Å². The fraction of sp³-hybridized carbons (Fsp3) is 0.435. The molecular weight excluding hydrogens is 354 g/mol. The van der Waals surface area contributed by atoms with Crippen molar-refractivity contribution in [1.29, 1.82) is 5.41 Å². The predicted molar refractivity (Wildman–Crippen MR) is 118 cm³/mol. The molecule has 2 N–H and O–H groups in total. The van der Waals surface area contributed by atoms with Crippen molar-refractivity contribution in [3.8, 4) is 0 Å². The van der Waals surface area contributed by atoms with Gasteiger partial charge in [0.25, 0.3) is 0 Å². The molecule has 27 heavy (non-hydrogen) atoms. The molecule has 2 aromatic rings. The third-order valence-electron chi connectivity index (χ3n) is 4.79. The maximum Gasteiger partial charge on any atom is 0.128 e. The Morgan fingerprint density at radius 1 is 1.07 bits per heavy atom. The Bertz CT molecular complexity index is 753. The van der Waals surface area contributed by atoms with E-state index < -0.39 is 0 Å². The molecule has 0 bridgehead atoms. The second kappa shape index (κ2) is 10.4. The fourth-order valence-electron chi connectivity index (χ4n) is 3.38. The molecular formula is C23H32ClN3. The Morgan fingerprint density at radius 2 is 1.78 bits per heavy atom. The molecule has 0 aliphatic carbocycles. The molecule has 4 heteroatoms. The lowest BCUT2D eigenvalue weighted by atomic mass is 10.0. The minimum Gasteiger partial charge on any atom is -0.381 e. The zero-order valence-corrected chi connectivity index (χ0v) is 17.8. The van der Waals surface area contributed by atoms with Gasteiger partial charge in [0.15, 0.2) is 0 Å². The molecule has 0 aromatic heterocycles. The third kappa shape index (κ3) is 5.74. The van der Waals surface area contributed by atoms with E-state index in [9.17, 15) is 0 Å². The van der Waals surface area contributed by atoms with Crippen LogP contribution in [0.4, 0.5) is 5.69 Å². The van der Waals surface area contributed by atoms with Crippen LogP contribution in [0.5, 0.6) is 0 Å². The zero-order valence-electron chi connectivity index (χ0n) is 17.0. The molecule has 0 amide bonds. The van der Waals surface area contributed by atoms with E-state index in [2.05, 4.69) is 68.2 Å². The average Bonchev–Trinajstić information content (AvgIpc) is 2.65. The first-order chi connectivity index (χ1) is 13.0. The molecule has 0 saturated carbocycles. The lowest BCUT2D eigenvalue weighted by Crippen LogP contribution is -2.31. The van der Waals surface area contributed by atoms with Gasteiger partial charge in [-0.3, -0.25) is 5.41 Å². The van der Waals surface area contributed by atoms with E-state index >= 15 is 0 Å². The molecule has 3 nitrogen and oxygen atoms in total. The molecule has 0 spiro atoms. The number of benzene rings is 2. The van der Waals surface area contributed by atoms with Crippen LogP contribution in [-0.4, -0.2) is 23.8 Å². The van der Waals surface area contributed by atoms with Gasteiger partial charge in [0.2, 0.25) is 0 Å². The summed E-state index contributed by atoms with van der Waals surface area (Å²) in [4.78, 5) is 2.11. The molecule has 0 atom stereocenters. The molecule has 2 aromatic carbocycles. The van der Waals surface area contributed by atoms with E-state index in [0.717, 1.165) is 49.5 Å². The first kappa shape index (κ1) is 21.3. The van der Waals surface area contributed by atoms with Crippen LogP contribution >= 0.6 is 11.6 Å². The monoisotopic (exact) mass is 385 g/mol. The standard InChI is InChI=1S/C23H32ClN3/c1-5-8-20-15-21(24)14-17(4)22(20)26-16-18-9-11-19(12-10-18)23(25)27(7-3)13-6-2/h9-12,14-15,25-26H,5-8,13,16H2,1-4H3. The van der Waals surface area contributed by atoms with E-state index in [-0.39, 0.29) is 0 Å². The summed E-state index contributed by atoms with van der Waals surface area (Å²) in [5.74, 6) is 0.609. The smallest absolute Gasteiger partial charge is 0.128 e. The van der Waals surface area contributed by atoms with Gasteiger partial charge in [-0.15, -0.1) is 0 Å². The maximum absolute atomic E-state index is 8.42. The van der Waals surface area contributed by atoms with Gasteiger partial charge in [-0.1, -0.05) is 56.1 Å². The summed E-state index contributed by atoms with van der Waals surface area (Å²) in [6.45, 7) is 11.1.